The first-order chi connectivity index (χ1) is 14.4. The van der Waals surface area contributed by atoms with Gasteiger partial charge in [-0.1, -0.05) is 18.2 Å². The number of thiol groups is 1. The third-order valence-corrected chi connectivity index (χ3v) is 5.42. The molecule has 0 spiro atoms. The van der Waals surface area contributed by atoms with Crippen LogP contribution in [0.1, 0.15) is 30.0 Å². The Labute approximate surface area is 183 Å². The number of aryl methyl sites for hydroxylation is 1. The summed E-state index contributed by atoms with van der Waals surface area (Å²) in [5.41, 5.74) is 9.42. The van der Waals surface area contributed by atoms with Crippen molar-refractivity contribution in [2.75, 3.05) is 18.4 Å². The molecular formula is C23H30FN5S. The van der Waals surface area contributed by atoms with Gasteiger partial charge in [0.1, 0.15) is 5.82 Å². The lowest BCUT2D eigenvalue weighted by Gasteiger charge is -2.14. The lowest BCUT2D eigenvalue weighted by Crippen LogP contribution is -2.19. The average molecular weight is 428 g/mol. The van der Waals surface area contributed by atoms with Gasteiger partial charge in [-0.3, -0.25) is 0 Å². The summed E-state index contributed by atoms with van der Waals surface area (Å²) >= 11 is 3.89. The fraction of sp³-hybridized carbons (Fsp3) is 0.304. The Balaban J connectivity index is 0.000000297. The van der Waals surface area contributed by atoms with E-state index in [2.05, 4.69) is 30.2 Å². The molecule has 1 aliphatic heterocycles. The van der Waals surface area contributed by atoms with E-state index in [4.69, 9.17) is 16.6 Å². The molecule has 0 bridgehead atoms. The Bertz CT molecular complexity index is 892. The molecule has 0 aliphatic carbocycles. The molecule has 2 aromatic carbocycles. The van der Waals surface area contributed by atoms with Crippen molar-refractivity contribution in [3.8, 4) is 0 Å². The van der Waals surface area contributed by atoms with Gasteiger partial charge in [0, 0.05) is 52.9 Å². The number of benzene rings is 2. The zero-order chi connectivity index (χ0) is 22.1. The maximum atomic E-state index is 12.7. The number of anilines is 1. The Kier molecular flexibility index (Phi) is 9.08. The average Bonchev–Trinajstić information content (AvgIpc) is 3.17. The van der Waals surface area contributed by atoms with Crippen molar-refractivity contribution < 1.29 is 4.39 Å². The second-order valence-electron chi connectivity index (χ2n) is 7.41. The second-order valence-corrected chi connectivity index (χ2v) is 7.89. The molecule has 0 radical (unpaired) electrons. The molecule has 1 aliphatic rings. The molecule has 5 nitrogen and oxygen atoms in total. The highest BCUT2D eigenvalue weighted by Crippen LogP contribution is 2.22. The molecule has 1 saturated heterocycles. The Hall–Kier alpha value is -2.64. The van der Waals surface area contributed by atoms with Crippen LogP contribution >= 0.6 is 12.6 Å². The number of hydrogen-bond acceptors (Lipinski definition) is 6. The van der Waals surface area contributed by atoms with Crippen molar-refractivity contribution in [3.63, 3.8) is 0 Å². The summed E-state index contributed by atoms with van der Waals surface area (Å²) in [6.07, 6.45) is 5.15. The third-order valence-electron chi connectivity index (χ3n) is 5.07. The summed E-state index contributed by atoms with van der Waals surface area (Å²) in [5, 5.41) is 21.8. The molecule has 3 rings (SSSR count). The zero-order valence-corrected chi connectivity index (χ0v) is 18.3. The van der Waals surface area contributed by atoms with Crippen LogP contribution in [0.25, 0.3) is 5.57 Å². The van der Waals surface area contributed by atoms with Crippen LogP contribution in [-0.2, 0) is 0 Å². The lowest BCUT2D eigenvalue weighted by molar-refractivity contribution is 0.593. The van der Waals surface area contributed by atoms with Crippen molar-refractivity contribution in [3.05, 3.63) is 65.1 Å². The van der Waals surface area contributed by atoms with Crippen LogP contribution in [-0.4, -0.2) is 31.6 Å². The van der Waals surface area contributed by atoms with Crippen LogP contribution in [0.2, 0.25) is 0 Å². The monoisotopic (exact) mass is 427 g/mol. The molecule has 2 atom stereocenters. The molecule has 1 heterocycles. The van der Waals surface area contributed by atoms with Crippen molar-refractivity contribution in [1.82, 2.24) is 5.32 Å². The Morgan fingerprint density at radius 3 is 2.63 bits per heavy atom. The van der Waals surface area contributed by atoms with Gasteiger partial charge >= 0.3 is 0 Å². The number of halogens is 1. The summed E-state index contributed by atoms with van der Waals surface area (Å²) < 4.78 is 12.7. The Morgan fingerprint density at radius 2 is 2.10 bits per heavy atom. The van der Waals surface area contributed by atoms with Crippen LogP contribution < -0.4 is 16.4 Å². The maximum Gasteiger partial charge on any atom is 0.139 e. The van der Waals surface area contributed by atoms with E-state index in [1.165, 1.54) is 25.0 Å². The number of nitrogens with one attached hydrogen (secondary N) is 4. The highest BCUT2D eigenvalue weighted by Gasteiger charge is 2.20. The SMILES string of the molecule is C[C@H]1CC(CNc2ccc(/C(C=N)=C/N)cc2C=N)CN1.Cc1cccc(S)c1F. The van der Waals surface area contributed by atoms with Crippen molar-refractivity contribution >= 4 is 36.3 Å². The summed E-state index contributed by atoms with van der Waals surface area (Å²) in [7, 11) is 0. The Morgan fingerprint density at radius 1 is 1.33 bits per heavy atom. The van der Waals surface area contributed by atoms with Crippen LogP contribution in [0.4, 0.5) is 10.1 Å². The minimum atomic E-state index is -0.221. The van der Waals surface area contributed by atoms with Gasteiger partial charge in [0.05, 0.1) is 0 Å². The zero-order valence-electron chi connectivity index (χ0n) is 17.4. The molecule has 1 unspecified atom stereocenters. The number of nitrogens with two attached hydrogens (primary N) is 1. The highest BCUT2D eigenvalue weighted by atomic mass is 32.1. The van der Waals surface area contributed by atoms with Crippen LogP contribution in [0.5, 0.6) is 0 Å². The normalized spacial score (nSPS) is 18.3. The first-order valence-electron chi connectivity index (χ1n) is 9.88. The van der Waals surface area contributed by atoms with Crippen molar-refractivity contribution in [1.29, 1.82) is 10.8 Å². The molecule has 0 aromatic heterocycles. The van der Waals surface area contributed by atoms with Gasteiger partial charge in [-0.15, -0.1) is 12.6 Å². The molecule has 0 amide bonds. The lowest BCUT2D eigenvalue weighted by atomic mass is 10.0. The number of hydrogen-bond donors (Lipinski definition) is 6. The third kappa shape index (κ3) is 6.43. The minimum Gasteiger partial charge on any atom is -0.404 e. The molecule has 0 saturated carbocycles. The fourth-order valence-electron chi connectivity index (χ4n) is 3.33. The molecule has 30 heavy (non-hydrogen) atoms. The van der Waals surface area contributed by atoms with Crippen molar-refractivity contribution in [2.45, 2.75) is 31.2 Å². The topological polar surface area (TPSA) is 97.8 Å². The molecule has 6 N–H and O–H groups in total. The van der Waals surface area contributed by atoms with E-state index in [1.807, 2.05) is 18.2 Å². The largest absolute Gasteiger partial charge is 0.404 e. The second kappa shape index (κ2) is 11.5. The van der Waals surface area contributed by atoms with Gasteiger partial charge in [-0.2, -0.15) is 0 Å². The molecular weight excluding hydrogens is 397 g/mol. The van der Waals surface area contributed by atoms with Gasteiger partial charge in [0.15, 0.2) is 0 Å². The van der Waals surface area contributed by atoms with E-state index in [0.29, 0.717) is 28.0 Å². The quantitative estimate of drug-likeness (QED) is 0.303. The minimum absolute atomic E-state index is 0.221. The van der Waals surface area contributed by atoms with E-state index in [0.717, 1.165) is 29.9 Å². The van der Waals surface area contributed by atoms with E-state index < -0.39 is 0 Å². The maximum absolute atomic E-state index is 12.7. The van der Waals surface area contributed by atoms with Crippen molar-refractivity contribution in [2.24, 2.45) is 11.7 Å². The predicted octanol–water partition coefficient (Wildman–Crippen LogP) is 4.47. The van der Waals surface area contributed by atoms with E-state index in [-0.39, 0.29) is 5.82 Å². The van der Waals surface area contributed by atoms with Crippen LogP contribution in [0.15, 0.2) is 47.5 Å². The van der Waals surface area contributed by atoms with Crippen LogP contribution in [0, 0.1) is 29.5 Å². The van der Waals surface area contributed by atoms with Gasteiger partial charge in [0.2, 0.25) is 0 Å². The molecule has 1 fully saturated rings. The summed E-state index contributed by atoms with van der Waals surface area (Å²) in [6, 6.07) is 11.5. The number of allylic oxidation sites excluding steroid dienone is 1. The van der Waals surface area contributed by atoms with Crippen LogP contribution in [0.3, 0.4) is 0 Å². The van der Waals surface area contributed by atoms with Gasteiger partial charge in [0.25, 0.3) is 0 Å². The van der Waals surface area contributed by atoms with E-state index in [1.54, 1.807) is 25.1 Å². The smallest absolute Gasteiger partial charge is 0.139 e. The van der Waals surface area contributed by atoms with Gasteiger partial charge in [-0.25, -0.2) is 4.39 Å². The summed E-state index contributed by atoms with van der Waals surface area (Å²) in [4.78, 5) is 0.412. The van der Waals surface area contributed by atoms with Gasteiger partial charge < -0.3 is 27.2 Å². The highest BCUT2D eigenvalue weighted by molar-refractivity contribution is 7.80. The van der Waals surface area contributed by atoms with Gasteiger partial charge in [-0.05, 0) is 62.1 Å². The first-order valence-corrected chi connectivity index (χ1v) is 10.3. The molecule has 160 valence electrons. The van der Waals surface area contributed by atoms with E-state index >= 15 is 0 Å². The predicted molar refractivity (Wildman–Crippen MR) is 128 cm³/mol. The first kappa shape index (κ1) is 23.6. The number of rotatable bonds is 6. The molecule has 2 aromatic rings. The fourth-order valence-corrected chi connectivity index (χ4v) is 3.59. The summed E-state index contributed by atoms with van der Waals surface area (Å²) in [5.74, 6) is 0.403. The molecule has 7 heteroatoms. The standard InChI is InChI=1S/C16H23N5.C7H7FS/c1-11-4-12(9-20-11)10-21-16-3-2-13(5-14(16)6-17)15(7-18)8-19;1-5-3-2-4-6(9)7(5)8/h2-3,5-8,11-12,17-18,20-21H,4,9-10,19H2,1H3;2-4,9H,1H3/b15-8+,17-6?,18-7?;/t11-,12?;/m0./s1. The summed E-state index contributed by atoms with van der Waals surface area (Å²) in [6.45, 7) is 5.87. The van der Waals surface area contributed by atoms with E-state index in [9.17, 15) is 4.39 Å².